The molecule has 0 spiro atoms. The van der Waals surface area contributed by atoms with Crippen LogP contribution >= 0.6 is 11.6 Å². The number of aromatic amines is 1. The molecule has 6 heteroatoms. The second-order valence-corrected chi connectivity index (χ2v) is 4.95. The zero-order valence-electron chi connectivity index (χ0n) is 11.3. The van der Waals surface area contributed by atoms with Gasteiger partial charge >= 0.3 is 0 Å². The van der Waals surface area contributed by atoms with Crippen LogP contribution in [0.4, 0.5) is 5.82 Å². The van der Waals surface area contributed by atoms with Crippen molar-refractivity contribution in [2.75, 3.05) is 20.6 Å². The van der Waals surface area contributed by atoms with Gasteiger partial charge in [-0.2, -0.15) is 5.26 Å². The fourth-order valence-corrected chi connectivity index (χ4v) is 2.13. The second-order valence-electron chi connectivity index (χ2n) is 4.55. The first-order chi connectivity index (χ1) is 9.55. The molecule has 2 heterocycles. The van der Waals surface area contributed by atoms with Gasteiger partial charge in [-0.1, -0.05) is 18.2 Å². The molecule has 20 heavy (non-hydrogen) atoms. The summed E-state index contributed by atoms with van der Waals surface area (Å²) in [6, 6.07) is 3.72. The maximum Gasteiger partial charge on any atom is 0.156 e. The van der Waals surface area contributed by atoms with Crippen LogP contribution in [-0.2, 0) is 0 Å². The maximum absolute atomic E-state index is 9.00. The highest BCUT2D eigenvalue weighted by molar-refractivity contribution is 6.36. The van der Waals surface area contributed by atoms with E-state index < -0.39 is 0 Å². The summed E-state index contributed by atoms with van der Waals surface area (Å²) >= 11 is 6.20. The van der Waals surface area contributed by atoms with Crippen molar-refractivity contribution < 1.29 is 0 Å². The molecule has 5 nitrogen and oxygen atoms in total. The van der Waals surface area contributed by atoms with E-state index in [1.807, 2.05) is 19.0 Å². The standard InChI is InChI=1S/C14H14ClN5/c1-4-10(8-20(2)3)18-12-5-11(15)13-9(6-16)7-17-14(13)19-12/h4-5,7H,1,8H2,2-3H3,(H,17,19). The normalized spacial score (nSPS) is 11.8. The Labute approximate surface area is 122 Å². The molecule has 0 aliphatic carbocycles. The van der Waals surface area contributed by atoms with Crippen molar-refractivity contribution in [2.45, 2.75) is 0 Å². The van der Waals surface area contributed by atoms with Crippen LogP contribution in [0, 0.1) is 11.3 Å². The van der Waals surface area contributed by atoms with E-state index in [1.165, 1.54) is 0 Å². The van der Waals surface area contributed by atoms with Crippen LogP contribution in [0.3, 0.4) is 0 Å². The summed E-state index contributed by atoms with van der Waals surface area (Å²) < 4.78 is 0. The second kappa shape index (κ2) is 5.87. The van der Waals surface area contributed by atoms with Gasteiger partial charge in [0.15, 0.2) is 5.82 Å². The van der Waals surface area contributed by atoms with E-state index in [2.05, 4.69) is 27.6 Å². The van der Waals surface area contributed by atoms with Gasteiger partial charge in [-0.15, -0.1) is 0 Å². The van der Waals surface area contributed by atoms with Crippen LogP contribution in [0.5, 0.6) is 0 Å². The predicted molar refractivity (Wildman–Crippen MR) is 81.7 cm³/mol. The van der Waals surface area contributed by atoms with Gasteiger partial charge < -0.3 is 9.88 Å². The lowest BCUT2D eigenvalue weighted by Crippen LogP contribution is -2.20. The lowest BCUT2D eigenvalue weighted by molar-refractivity contribution is 0.470. The third-order valence-corrected chi connectivity index (χ3v) is 2.97. The topological polar surface area (TPSA) is 68.1 Å². The van der Waals surface area contributed by atoms with Gasteiger partial charge in [0.1, 0.15) is 11.7 Å². The van der Waals surface area contributed by atoms with Crippen molar-refractivity contribution in [1.29, 1.82) is 5.26 Å². The van der Waals surface area contributed by atoms with Gasteiger partial charge in [-0.3, -0.25) is 0 Å². The zero-order valence-corrected chi connectivity index (χ0v) is 12.1. The predicted octanol–water partition coefficient (Wildman–Crippen LogP) is 2.91. The number of nitrogens with zero attached hydrogens (tertiary/aromatic N) is 4. The number of aromatic nitrogens is 2. The fourth-order valence-electron chi connectivity index (χ4n) is 1.84. The molecule has 0 fully saturated rings. The van der Waals surface area contributed by atoms with E-state index in [9.17, 15) is 0 Å². The Morgan fingerprint density at radius 1 is 1.65 bits per heavy atom. The molecular formula is C14H14ClN5. The molecule has 0 amide bonds. The smallest absolute Gasteiger partial charge is 0.156 e. The van der Waals surface area contributed by atoms with Gasteiger partial charge in [0.2, 0.25) is 0 Å². The summed E-state index contributed by atoms with van der Waals surface area (Å²) in [5, 5.41) is 10.1. The van der Waals surface area contributed by atoms with Gasteiger partial charge in [0.05, 0.1) is 21.7 Å². The Bertz CT molecular complexity index is 721. The molecule has 2 aromatic heterocycles. The number of nitriles is 1. The number of hydrogen-bond donors (Lipinski definition) is 1. The number of H-pyrrole nitrogens is 1. The molecule has 0 aromatic carbocycles. The average Bonchev–Trinajstić information content (AvgIpc) is 2.80. The molecule has 0 saturated carbocycles. The van der Waals surface area contributed by atoms with Crippen LogP contribution < -0.4 is 0 Å². The SMILES string of the molecule is C=CC(CN(C)C)=Nc1cc(Cl)c2c(C#N)c[nH]c2n1. The summed E-state index contributed by atoms with van der Waals surface area (Å²) in [5.41, 5.74) is 1.83. The molecule has 0 radical (unpaired) electrons. The first-order valence-corrected chi connectivity index (χ1v) is 6.35. The Balaban J connectivity index is 2.49. The number of pyridine rings is 1. The highest BCUT2D eigenvalue weighted by atomic mass is 35.5. The van der Waals surface area contributed by atoms with Crippen LogP contribution in [0.25, 0.3) is 11.0 Å². The van der Waals surface area contributed by atoms with Gasteiger partial charge in [0, 0.05) is 18.8 Å². The van der Waals surface area contributed by atoms with Crippen molar-refractivity contribution >= 4 is 34.2 Å². The summed E-state index contributed by atoms with van der Waals surface area (Å²) in [5.74, 6) is 0.491. The number of hydrogen-bond acceptors (Lipinski definition) is 4. The number of fused-ring (bicyclic) bond motifs is 1. The molecule has 1 N–H and O–H groups in total. The minimum atomic E-state index is 0.458. The molecule has 102 valence electrons. The number of aliphatic imine (C=N–C) groups is 1. The summed E-state index contributed by atoms with van der Waals surface area (Å²) in [6.07, 6.45) is 3.28. The Morgan fingerprint density at radius 2 is 2.40 bits per heavy atom. The van der Waals surface area contributed by atoms with Gasteiger partial charge in [0.25, 0.3) is 0 Å². The number of rotatable bonds is 4. The van der Waals surface area contributed by atoms with E-state index in [4.69, 9.17) is 16.9 Å². The minimum Gasteiger partial charge on any atom is -0.345 e. The fraction of sp³-hybridized carbons (Fsp3) is 0.214. The van der Waals surface area contributed by atoms with E-state index in [1.54, 1.807) is 18.3 Å². The molecule has 0 saturated heterocycles. The summed E-state index contributed by atoms with van der Waals surface area (Å²) in [4.78, 5) is 13.7. The maximum atomic E-state index is 9.00. The minimum absolute atomic E-state index is 0.458. The summed E-state index contributed by atoms with van der Waals surface area (Å²) in [7, 11) is 3.90. The van der Waals surface area contributed by atoms with Crippen molar-refractivity contribution in [3.63, 3.8) is 0 Å². The van der Waals surface area contributed by atoms with Crippen molar-refractivity contribution in [3.05, 3.63) is 35.5 Å². The highest BCUT2D eigenvalue weighted by Crippen LogP contribution is 2.28. The van der Waals surface area contributed by atoms with Crippen molar-refractivity contribution in [3.8, 4) is 6.07 Å². The number of nitrogens with one attached hydrogen (secondary N) is 1. The summed E-state index contributed by atoms with van der Waals surface area (Å²) in [6.45, 7) is 4.40. The number of halogens is 1. The molecule has 0 aliphatic rings. The highest BCUT2D eigenvalue weighted by Gasteiger charge is 2.10. The van der Waals surface area contributed by atoms with Gasteiger partial charge in [-0.25, -0.2) is 9.98 Å². The lowest BCUT2D eigenvalue weighted by Gasteiger charge is -2.09. The third kappa shape index (κ3) is 2.87. The molecule has 0 atom stereocenters. The van der Waals surface area contributed by atoms with Crippen molar-refractivity contribution in [2.24, 2.45) is 4.99 Å². The Morgan fingerprint density at radius 3 is 3.00 bits per heavy atom. The molecule has 0 unspecified atom stereocenters. The van der Waals surface area contributed by atoms with Crippen LogP contribution in [0.15, 0.2) is 29.9 Å². The van der Waals surface area contributed by atoms with E-state index in [-0.39, 0.29) is 0 Å². The monoisotopic (exact) mass is 287 g/mol. The van der Waals surface area contributed by atoms with Gasteiger partial charge in [-0.05, 0) is 20.2 Å². The Kier molecular flexibility index (Phi) is 4.18. The zero-order chi connectivity index (χ0) is 14.7. The van der Waals surface area contributed by atoms with Crippen LogP contribution in [-0.4, -0.2) is 41.2 Å². The third-order valence-electron chi connectivity index (χ3n) is 2.67. The van der Waals surface area contributed by atoms with Crippen LogP contribution in [0.1, 0.15) is 5.56 Å². The van der Waals surface area contributed by atoms with E-state index in [0.717, 1.165) is 5.71 Å². The Hall–Kier alpha value is -2.16. The van der Waals surface area contributed by atoms with E-state index >= 15 is 0 Å². The molecule has 2 rings (SSSR count). The quantitative estimate of drug-likeness (QED) is 0.879. The first-order valence-electron chi connectivity index (χ1n) is 5.97. The molecule has 0 aliphatic heterocycles. The van der Waals surface area contributed by atoms with Crippen LogP contribution in [0.2, 0.25) is 5.02 Å². The average molecular weight is 288 g/mol. The molecule has 0 bridgehead atoms. The lowest BCUT2D eigenvalue weighted by atomic mass is 10.2. The van der Waals surface area contributed by atoms with Crippen molar-refractivity contribution in [1.82, 2.24) is 14.9 Å². The first kappa shape index (κ1) is 14.3. The largest absolute Gasteiger partial charge is 0.345 e. The molecule has 2 aromatic rings. The molecular weight excluding hydrogens is 274 g/mol. The van der Waals surface area contributed by atoms with E-state index in [0.29, 0.717) is 34.0 Å².